The zero-order chi connectivity index (χ0) is 17.3. The lowest BCUT2D eigenvalue weighted by Crippen LogP contribution is -2.48. The Balaban J connectivity index is 3.03. The molecule has 0 amide bonds. The summed E-state index contributed by atoms with van der Waals surface area (Å²) in [6.07, 6.45) is 2.01. The molecule has 6 nitrogen and oxygen atoms in total. The van der Waals surface area contributed by atoms with Crippen LogP contribution < -0.4 is 5.32 Å². The minimum Gasteiger partial charge on any atom is -0.466 e. The highest BCUT2D eigenvalue weighted by molar-refractivity contribution is 7.98. The zero-order valence-electron chi connectivity index (χ0n) is 14.0. The maximum atomic E-state index is 11.2. The van der Waals surface area contributed by atoms with Gasteiger partial charge in [0.05, 0.1) is 19.3 Å². The van der Waals surface area contributed by atoms with Crippen molar-refractivity contribution in [1.29, 1.82) is 0 Å². The number of benzene rings is 1. The number of esters is 1. The molecule has 0 fully saturated rings. The van der Waals surface area contributed by atoms with Crippen LogP contribution in [-0.4, -0.2) is 55.5 Å². The summed E-state index contributed by atoms with van der Waals surface area (Å²) in [4.78, 5) is 17.4. The molecule has 0 spiro atoms. The summed E-state index contributed by atoms with van der Waals surface area (Å²) in [6.45, 7) is 4.06. The van der Waals surface area contributed by atoms with Gasteiger partial charge < -0.3 is 20.0 Å². The molecular formula is C16H24N2O4S. The van der Waals surface area contributed by atoms with Crippen molar-refractivity contribution in [2.45, 2.75) is 24.3 Å². The first-order valence-corrected chi connectivity index (χ1v) is 8.44. The largest absolute Gasteiger partial charge is 0.466 e. The Hall–Kier alpha value is -1.57. The van der Waals surface area contributed by atoms with Crippen LogP contribution in [0.5, 0.6) is 0 Å². The smallest absolute Gasteiger partial charge is 0.346 e. The number of thioether (sulfide) groups is 1. The number of aliphatic hydroxyl groups is 1. The average Bonchev–Trinajstić information content (AvgIpc) is 2.56. The third kappa shape index (κ3) is 6.21. The first kappa shape index (κ1) is 19.5. The van der Waals surface area contributed by atoms with Gasteiger partial charge in [-0.1, -0.05) is 17.3 Å². The second kappa shape index (κ2) is 9.54. The maximum absolute atomic E-state index is 11.2. The molecule has 0 saturated carbocycles. The van der Waals surface area contributed by atoms with Crippen molar-refractivity contribution in [2.24, 2.45) is 5.16 Å². The van der Waals surface area contributed by atoms with Gasteiger partial charge in [-0.25, -0.2) is 4.79 Å². The summed E-state index contributed by atoms with van der Waals surface area (Å²) in [7, 11) is 1.30. The fourth-order valence-corrected chi connectivity index (χ4v) is 2.35. The molecule has 7 heteroatoms. The van der Waals surface area contributed by atoms with Gasteiger partial charge in [-0.05, 0) is 32.2 Å². The van der Waals surface area contributed by atoms with Crippen LogP contribution in [0.1, 0.15) is 19.4 Å². The SMILES string of the molecule is COC(=O)CO/N=C(/c1ccc(SC)cc1)C(C)(C)NCCO. The normalized spacial score (nSPS) is 12.1. The number of ether oxygens (including phenoxy) is 1. The van der Waals surface area contributed by atoms with E-state index in [9.17, 15) is 4.79 Å². The van der Waals surface area contributed by atoms with Gasteiger partial charge in [-0.3, -0.25) is 0 Å². The fraction of sp³-hybridized carbons (Fsp3) is 0.500. The Kier molecular flexibility index (Phi) is 8.08. The molecule has 23 heavy (non-hydrogen) atoms. The Bertz CT molecular complexity index is 529. The highest BCUT2D eigenvalue weighted by Crippen LogP contribution is 2.19. The topological polar surface area (TPSA) is 80.2 Å². The van der Waals surface area contributed by atoms with E-state index >= 15 is 0 Å². The molecule has 0 aliphatic carbocycles. The molecule has 0 unspecified atom stereocenters. The molecule has 0 saturated heterocycles. The predicted octanol–water partition coefficient (Wildman–Crippen LogP) is 1.66. The van der Waals surface area contributed by atoms with E-state index < -0.39 is 11.5 Å². The molecule has 1 aromatic carbocycles. The molecule has 0 heterocycles. The van der Waals surface area contributed by atoms with Gasteiger partial charge in [-0.15, -0.1) is 11.8 Å². The van der Waals surface area contributed by atoms with E-state index in [1.54, 1.807) is 11.8 Å². The van der Waals surface area contributed by atoms with E-state index in [-0.39, 0.29) is 13.2 Å². The number of hydrogen-bond acceptors (Lipinski definition) is 7. The number of rotatable bonds is 9. The number of aliphatic hydroxyl groups excluding tert-OH is 1. The summed E-state index contributed by atoms with van der Waals surface area (Å²) in [5, 5.41) is 16.4. The van der Waals surface area contributed by atoms with Crippen molar-refractivity contribution >= 4 is 23.4 Å². The second-order valence-electron chi connectivity index (χ2n) is 5.29. The number of methoxy groups -OCH3 is 1. The Morgan fingerprint density at radius 1 is 1.35 bits per heavy atom. The number of oxime groups is 1. The summed E-state index contributed by atoms with van der Waals surface area (Å²) in [6, 6.07) is 7.90. The Morgan fingerprint density at radius 3 is 2.52 bits per heavy atom. The number of hydrogen-bond donors (Lipinski definition) is 2. The van der Waals surface area contributed by atoms with E-state index in [1.165, 1.54) is 7.11 Å². The number of nitrogens with zero attached hydrogens (tertiary/aromatic N) is 1. The van der Waals surface area contributed by atoms with Crippen molar-refractivity contribution < 1.29 is 19.5 Å². The molecule has 1 rings (SSSR count). The highest BCUT2D eigenvalue weighted by Gasteiger charge is 2.26. The zero-order valence-corrected chi connectivity index (χ0v) is 14.8. The molecule has 0 radical (unpaired) electrons. The molecular weight excluding hydrogens is 316 g/mol. The van der Waals surface area contributed by atoms with Gasteiger partial charge >= 0.3 is 5.97 Å². The van der Waals surface area contributed by atoms with Crippen LogP contribution in [0.3, 0.4) is 0 Å². The number of carbonyl (C=O) groups is 1. The summed E-state index contributed by atoms with van der Waals surface area (Å²) in [5.41, 5.74) is 0.977. The standard InChI is InChI=1S/C16H24N2O4S/c1-16(2,17-9-10-19)15(18-22-11-14(20)21-3)12-5-7-13(23-4)8-6-12/h5-8,17,19H,9-11H2,1-4H3/b18-15-. The molecule has 0 aliphatic rings. The molecule has 128 valence electrons. The third-order valence-electron chi connectivity index (χ3n) is 3.20. The van der Waals surface area contributed by atoms with Gasteiger partial charge in [0.25, 0.3) is 0 Å². The van der Waals surface area contributed by atoms with E-state index in [2.05, 4.69) is 15.2 Å². The first-order valence-electron chi connectivity index (χ1n) is 7.22. The summed E-state index contributed by atoms with van der Waals surface area (Å²) >= 11 is 1.65. The molecule has 1 aromatic rings. The minimum atomic E-state index is -0.542. The van der Waals surface area contributed by atoms with Gasteiger partial charge in [0.1, 0.15) is 5.71 Å². The van der Waals surface area contributed by atoms with E-state index in [1.807, 2.05) is 44.4 Å². The summed E-state index contributed by atoms with van der Waals surface area (Å²) in [5.74, 6) is -0.494. The predicted molar refractivity (Wildman–Crippen MR) is 91.9 cm³/mol. The lowest BCUT2D eigenvalue weighted by Gasteiger charge is -2.27. The highest BCUT2D eigenvalue weighted by atomic mass is 32.2. The van der Waals surface area contributed by atoms with Crippen molar-refractivity contribution in [3.05, 3.63) is 29.8 Å². The van der Waals surface area contributed by atoms with Crippen LogP contribution in [-0.2, 0) is 14.4 Å². The third-order valence-corrected chi connectivity index (χ3v) is 3.94. The van der Waals surface area contributed by atoms with E-state index in [0.717, 1.165) is 10.5 Å². The van der Waals surface area contributed by atoms with Crippen molar-refractivity contribution in [1.82, 2.24) is 5.32 Å². The van der Waals surface area contributed by atoms with Gasteiger partial charge in [0.2, 0.25) is 6.61 Å². The molecule has 0 aromatic heterocycles. The van der Waals surface area contributed by atoms with Gasteiger partial charge in [0.15, 0.2) is 0 Å². The molecule has 0 atom stereocenters. The minimum absolute atomic E-state index is 0.0190. The van der Waals surface area contributed by atoms with Gasteiger partial charge in [0, 0.05) is 17.0 Å². The van der Waals surface area contributed by atoms with E-state index in [0.29, 0.717) is 12.3 Å². The van der Waals surface area contributed by atoms with Gasteiger partial charge in [-0.2, -0.15) is 0 Å². The average molecular weight is 340 g/mol. The van der Waals surface area contributed by atoms with E-state index in [4.69, 9.17) is 9.94 Å². The van der Waals surface area contributed by atoms with Crippen LogP contribution >= 0.6 is 11.8 Å². The van der Waals surface area contributed by atoms with Crippen LogP contribution in [0.4, 0.5) is 0 Å². The fourth-order valence-electron chi connectivity index (χ4n) is 1.94. The molecule has 0 bridgehead atoms. The number of nitrogens with one attached hydrogen (secondary N) is 1. The number of β-amino-alcohol motifs (C(OH)–C–C–N with tert-alkyl or cyclic N) is 1. The number of carbonyl (C=O) groups excluding carboxylic acids is 1. The summed E-state index contributed by atoms with van der Waals surface area (Å²) < 4.78 is 4.53. The molecule has 0 aliphatic heterocycles. The lowest BCUT2D eigenvalue weighted by molar-refractivity contribution is -0.145. The van der Waals surface area contributed by atoms with Crippen LogP contribution in [0.25, 0.3) is 0 Å². The van der Waals surface area contributed by atoms with Crippen molar-refractivity contribution in [3.8, 4) is 0 Å². The van der Waals surface area contributed by atoms with Crippen LogP contribution in [0.15, 0.2) is 34.3 Å². The van der Waals surface area contributed by atoms with Crippen molar-refractivity contribution in [3.63, 3.8) is 0 Å². The van der Waals surface area contributed by atoms with Crippen LogP contribution in [0, 0.1) is 0 Å². The molecule has 2 N–H and O–H groups in total. The first-order chi connectivity index (χ1) is 10.9. The monoisotopic (exact) mass is 340 g/mol. The lowest BCUT2D eigenvalue weighted by atomic mass is 9.92. The van der Waals surface area contributed by atoms with Crippen LogP contribution in [0.2, 0.25) is 0 Å². The quantitative estimate of drug-likeness (QED) is 0.308. The Labute approximate surface area is 141 Å². The maximum Gasteiger partial charge on any atom is 0.346 e. The second-order valence-corrected chi connectivity index (χ2v) is 6.17. The Morgan fingerprint density at radius 2 is 2.00 bits per heavy atom. The van der Waals surface area contributed by atoms with Crippen molar-refractivity contribution in [2.75, 3.05) is 33.1 Å².